The maximum atomic E-state index is 9.83. The largest absolute Gasteiger partial charge is 0.491 e. The van der Waals surface area contributed by atoms with E-state index in [1.54, 1.807) is 24.3 Å². The second-order valence-corrected chi connectivity index (χ2v) is 5.70. The minimum absolute atomic E-state index is 0.230. The molecule has 1 atom stereocenters. The Morgan fingerprint density at radius 3 is 2.86 bits per heavy atom. The molecule has 0 fully saturated rings. The van der Waals surface area contributed by atoms with Crippen LogP contribution in [0.2, 0.25) is 0 Å². The van der Waals surface area contributed by atoms with Crippen LogP contribution >= 0.6 is 0 Å². The van der Waals surface area contributed by atoms with Crippen molar-refractivity contribution in [2.75, 3.05) is 19.7 Å². The van der Waals surface area contributed by atoms with Gasteiger partial charge in [0.1, 0.15) is 18.5 Å². The van der Waals surface area contributed by atoms with Crippen molar-refractivity contribution in [2.45, 2.75) is 39.2 Å². The van der Waals surface area contributed by atoms with Crippen molar-refractivity contribution in [3.05, 3.63) is 29.8 Å². The predicted molar refractivity (Wildman–Crippen MR) is 84.2 cm³/mol. The van der Waals surface area contributed by atoms with Crippen molar-refractivity contribution in [2.24, 2.45) is 5.92 Å². The molecule has 4 nitrogen and oxygen atoms in total. The van der Waals surface area contributed by atoms with Crippen LogP contribution in [0.15, 0.2) is 24.3 Å². The van der Waals surface area contributed by atoms with Gasteiger partial charge in [-0.3, -0.25) is 0 Å². The Hall–Kier alpha value is -1.57. The average Bonchev–Trinajstić information content (AvgIpc) is 2.48. The molecular weight excluding hydrogens is 264 g/mol. The van der Waals surface area contributed by atoms with Gasteiger partial charge in [-0.1, -0.05) is 32.8 Å². The van der Waals surface area contributed by atoms with Crippen molar-refractivity contribution in [1.82, 2.24) is 5.32 Å². The van der Waals surface area contributed by atoms with Gasteiger partial charge in [0.15, 0.2) is 0 Å². The number of nitrogens with one attached hydrogen (secondary N) is 1. The Bertz CT molecular complexity index is 441. The Kier molecular flexibility index (Phi) is 8.49. The third kappa shape index (κ3) is 8.34. The molecule has 1 aromatic carbocycles. The number of aliphatic hydroxyl groups excluding tert-OH is 1. The molecule has 4 heteroatoms. The van der Waals surface area contributed by atoms with E-state index in [4.69, 9.17) is 10.00 Å². The van der Waals surface area contributed by atoms with Gasteiger partial charge in [0.25, 0.3) is 0 Å². The smallest absolute Gasteiger partial charge is 0.120 e. The molecule has 2 N–H and O–H groups in total. The number of nitrogens with zero attached hydrogens (tertiary/aromatic N) is 1. The highest BCUT2D eigenvalue weighted by atomic mass is 16.5. The highest BCUT2D eigenvalue weighted by Gasteiger charge is 2.05. The molecule has 0 heterocycles. The molecule has 0 bridgehead atoms. The summed E-state index contributed by atoms with van der Waals surface area (Å²) in [5, 5.41) is 21.9. The van der Waals surface area contributed by atoms with E-state index in [2.05, 4.69) is 25.2 Å². The minimum Gasteiger partial charge on any atom is -0.491 e. The topological polar surface area (TPSA) is 65.3 Å². The molecule has 0 amide bonds. The van der Waals surface area contributed by atoms with Gasteiger partial charge < -0.3 is 15.2 Å². The molecule has 1 rings (SSSR count). The van der Waals surface area contributed by atoms with Crippen molar-refractivity contribution < 1.29 is 9.84 Å². The summed E-state index contributed by atoms with van der Waals surface area (Å²) in [4.78, 5) is 0. The van der Waals surface area contributed by atoms with Gasteiger partial charge in [-0.2, -0.15) is 5.26 Å². The lowest BCUT2D eigenvalue weighted by Crippen LogP contribution is -2.32. The van der Waals surface area contributed by atoms with Crippen LogP contribution in [-0.2, 0) is 0 Å². The number of hydrogen-bond acceptors (Lipinski definition) is 4. The Labute approximate surface area is 127 Å². The molecule has 0 aliphatic heterocycles. The number of ether oxygens (including phenoxy) is 1. The number of benzene rings is 1. The summed E-state index contributed by atoms with van der Waals surface area (Å²) in [7, 11) is 0. The molecule has 0 aliphatic rings. The van der Waals surface area contributed by atoms with Crippen LogP contribution in [-0.4, -0.2) is 30.9 Å². The normalized spacial score (nSPS) is 12.1. The van der Waals surface area contributed by atoms with Gasteiger partial charge in [0.05, 0.1) is 11.6 Å². The van der Waals surface area contributed by atoms with E-state index in [-0.39, 0.29) is 6.61 Å². The summed E-state index contributed by atoms with van der Waals surface area (Å²) in [5.74, 6) is 1.37. The molecule has 116 valence electrons. The predicted octanol–water partition coefficient (Wildman–Crippen LogP) is 2.71. The first-order chi connectivity index (χ1) is 10.1. The SMILES string of the molecule is CC(C)CCCCNCC(O)COc1cccc(C#N)c1. The molecule has 21 heavy (non-hydrogen) atoms. The molecule has 1 unspecified atom stereocenters. The van der Waals surface area contributed by atoms with Crippen molar-refractivity contribution in [3.8, 4) is 11.8 Å². The third-order valence-electron chi connectivity index (χ3n) is 3.17. The molecule has 0 spiro atoms. The summed E-state index contributed by atoms with van der Waals surface area (Å²) in [6.07, 6.45) is 3.07. The molecular formula is C17H26N2O2. The lowest BCUT2D eigenvalue weighted by Gasteiger charge is -2.13. The van der Waals surface area contributed by atoms with Crippen molar-refractivity contribution in [1.29, 1.82) is 5.26 Å². The standard InChI is InChI=1S/C17H26N2O2/c1-14(2)6-3-4-9-19-12-16(20)13-21-17-8-5-7-15(10-17)11-18/h5,7-8,10,14,16,19-20H,3-4,6,9,12-13H2,1-2H3. The highest BCUT2D eigenvalue weighted by molar-refractivity contribution is 5.36. The summed E-state index contributed by atoms with van der Waals surface area (Å²) in [6, 6.07) is 9.01. The zero-order valence-electron chi connectivity index (χ0n) is 13.0. The minimum atomic E-state index is -0.541. The van der Waals surface area contributed by atoms with Gasteiger partial charge in [-0.05, 0) is 37.1 Å². The average molecular weight is 290 g/mol. The molecule has 0 aliphatic carbocycles. The molecule has 0 saturated carbocycles. The van der Waals surface area contributed by atoms with Crippen LogP contribution in [0.5, 0.6) is 5.75 Å². The Morgan fingerprint density at radius 2 is 2.14 bits per heavy atom. The van der Waals surface area contributed by atoms with E-state index >= 15 is 0 Å². The van der Waals surface area contributed by atoms with E-state index in [0.717, 1.165) is 18.9 Å². The fourth-order valence-electron chi connectivity index (χ4n) is 1.98. The number of unbranched alkanes of at least 4 members (excludes halogenated alkanes) is 1. The zero-order valence-corrected chi connectivity index (χ0v) is 13.0. The Balaban J connectivity index is 2.11. The van der Waals surface area contributed by atoms with Crippen LogP contribution in [0.3, 0.4) is 0 Å². The van der Waals surface area contributed by atoms with Gasteiger partial charge in [-0.15, -0.1) is 0 Å². The summed E-state index contributed by atoms with van der Waals surface area (Å²) < 4.78 is 5.48. The van der Waals surface area contributed by atoms with Crippen LogP contribution in [0, 0.1) is 17.2 Å². The van der Waals surface area contributed by atoms with Crippen molar-refractivity contribution >= 4 is 0 Å². The van der Waals surface area contributed by atoms with Crippen LogP contribution in [0.4, 0.5) is 0 Å². The monoisotopic (exact) mass is 290 g/mol. The Morgan fingerprint density at radius 1 is 1.33 bits per heavy atom. The van der Waals surface area contributed by atoms with E-state index in [9.17, 15) is 5.11 Å². The zero-order chi connectivity index (χ0) is 15.5. The molecule has 0 saturated heterocycles. The highest BCUT2D eigenvalue weighted by Crippen LogP contribution is 2.12. The number of nitriles is 1. The van der Waals surface area contributed by atoms with Crippen molar-refractivity contribution in [3.63, 3.8) is 0 Å². The van der Waals surface area contributed by atoms with Gasteiger partial charge in [-0.25, -0.2) is 0 Å². The fraction of sp³-hybridized carbons (Fsp3) is 0.588. The first-order valence-corrected chi connectivity index (χ1v) is 7.63. The maximum Gasteiger partial charge on any atom is 0.120 e. The number of hydrogen-bond donors (Lipinski definition) is 2. The first-order valence-electron chi connectivity index (χ1n) is 7.63. The summed E-state index contributed by atoms with van der Waals surface area (Å²) >= 11 is 0. The molecule has 0 radical (unpaired) electrons. The van der Waals surface area contributed by atoms with E-state index in [1.807, 2.05) is 0 Å². The van der Waals surface area contributed by atoms with Crippen LogP contribution < -0.4 is 10.1 Å². The maximum absolute atomic E-state index is 9.83. The van der Waals surface area contributed by atoms with E-state index < -0.39 is 6.10 Å². The van der Waals surface area contributed by atoms with Gasteiger partial charge in [0.2, 0.25) is 0 Å². The first kappa shape index (κ1) is 17.5. The van der Waals surface area contributed by atoms with E-state index in [1.165, 1.54) is 12.8 Å². The van der Waals surface area contributed by atoms with Crippen LogP contribution in [0.25, 0.3) is 0 Å². The van der Waals surface area contributed by atoms with Gasteiger partial charge >= 0.3 is 0 Å². The lowest BCUT2D eigenvalue weighted by molar-refractivity contribution is 0.106. The molecule has 1 aromatic rings. The third-order valence-corrected chi connectivity index (χ3v) is 3.17. The lowest BCUT2D eigenvalue weighted by atomic mass is 10.1. The fourth-order valence-corrected chi connectivity index (χ4v) is 1.98. The quantitative estimate of drug-likeness (QED) is 0.650. The van der Waals surface area contributed by atoms with Gasteiger partial charge in [0, 0.05) is 6.54 Å². The second-order valence-electron chi connectivity index (χ2n) is 5.70. The van der Waals surface area contributed by atoms with E-state index in [0.29, 0.717) is 17.9 Å². The van der Waals surface area contributed by atoms with Crippen LogP contribution in [0.1, 0.15) is 38.7 Å². The summed E-state index contributed by atoms with van der Waals surface area (Å²) in [6.45, 7) is 6.15. The number of aliphatic hydroxyl groups is 1. The molecule has 0 aromatic heterocycles. The summed E-state index contributed by atoms with van der Waals surface area (Å²) in [5.41, 5.74) is 0.560. The second kappa shape index (κ2) is 10.2. The number of rotatable bonds is 10.